The Morgan fingerprint density at radius 2 is 1.75 bits per heavy atom. The lowest BCUT2D eigenvalue weighted by Gasteiger charge is -2.16. The number of hydrogen-bond acceptors (Lipinski definition) is 3. The highest BCUT2D eigenvalue weighted by atomic mass is 35.5. The predicted octanol–water partition coefficient (Wildman–Crippen LogP) is 3.70. The van der Waals surface area contributed by atoms with Gasteiger partial charge in [-0.1, -0.05) is 42.5 Å². The Bertz CT molecular complexity index is 657. The van der Waals surface area contributed by atoms with E-state index in [2.05, 4.69) is 5.32 Å². The van der Waals surface area contributed by atoms with E-state index in [9.17, 15) is 4.79 Å². The lowest BCUT2D eigenvalue weighted by atomic mass is 10.0. The Hall–Kier alpha value is -2.04. The molecule has 2 atom stereocenters. The van der Waals surface area contributed by atoms with Crippen LogP contribution in [-0.2, 0) is 4.79 Å². The van der Waals surface area contributed by atoms with Crippen molar-refractivity contribution in [2.75, 3.05) is 7.11 Å². The van der Waals surface area contributed by atoms with Crippen LogP contribution in [0.3, 0.4) is 0 Å². The van der Waals surface area contributed by atoms with Gasteiger partial charge in [-0.2, -0.15) is 0 Å². The third-order valence-electron chi connectivity index (χ3n) is 3.71. The van der Waals surface area contributed by atoms with Crippen LogP contribution in [0.4, 0.5) is 0 Å². The van der Waals surface area contributed by atoms with Crippen LogP contribution >= 0.6 is 12.4 Å². The van der Waals surface area contributed by atoms with Crippen molar-refractivity contribution >= 4 is 18.3 Å². The summed E-state index contributed by atoms with van der Waals surface area (Å²) in [6.45, 7) is 3.80. The molecule has 0 aliphatic carbocycles. The minimum Gasteiger partial charge on any atom is -0.496 e. The van der Waals surface area contributed by atoms with Crippen molar-refractivity contribution < 1.29 is 9.53 Å². The predicted molar refractivity (Wildman–Crippen MR) is 101 cm³/mol. The molecule has 4 nitrogen and oxygen atoms in total. The summed E-state index contributed by atoms with van der Waals surface area (Å²) in [5.41, 5.74) is 8.84. The van der Waals surface area contributed by atoms with E-state index in [1.54, 1.807) is 7.11 Å². The molecule has 5 heteroatoms. The topological polar surface area (TPSA) is 64.3 Å². The molecule has 0 spiro atoms. The Morgan fingerprint density at radius 3 is 2.33 bits per heavy atom. The number of carbonyl (C=O) groups is 1. The lowest BCUT2D eigenvalue weighted by molar-refractivity contribution is -0.122. The molecule has 0 aromatic heterocycles. The Morgan fingerprint density at radius 1 is 1.12 bits per heavy atom. The average molecular weight is 349 g/mol. The van der Waals surface area contributed by atoms with E-state index in [0.29, 0.717) is 6.42 Å². The number of para-hydroxylation sites is 1. The van der Waals surface area contributed by atoms with Crippen molar-refractivity contribution in [3.8, 4) is 16.9 Å². The summed E-state index contributed by atoms with van der Waals surface area (Å²) in [4.78, 5) is 11.8. The van der Waals surface area contributed by atoms with Crippen LogP contribution in [0.5, 0.6) is 5.75 Å². The molecule has 2 unspecified atom stereocenters. The van der Waals surface area contributed by atoms with E-state index < -0.39 is 0 Å². The van der Waals surface area contributed by atoms with Gasteiger partial charge in [0, 0.05) is 18.0 Å². The van der Waals surface area contributed by atoms with Gasteiger partial charge in [-0.3, -0.25) is 4.79 Å². The first-order valence-electron chi connectivity index (χ1n) is 7.79. The van der Waals surface area contributed by atoms with Crippen molar-refractivity contribution in [2.24, 2.45) is 5.73 Å². The molecule has 0 bridgehead atoms. The summed E-state index contributed by atoms with van der Waals surface area (Å²) in [5.74, 6) is 0.819. The molecule has 0 aliphatic heterocycles. The van der Waals surface area contributed by atoms with Gasteiger partial charge in [-0.25, -0.2) is 0 Å². The molecular weight excluding hydrogens is 324 g/mol. The van der Waals surface area contributed by atoms with E-state index in [1.165, 1.54) is 0 Å². The molecule has 0 heterocycles. The fourth-order valence-corrected chi connectivity index (χ4v) is 2.51. The van der Waals surface area contributed by atoms with E-state index in [-0.39, 0.29) is 30.4 Å². The molecule has 24 heavy (non-hydrogen) atoms. The average Bonchev–Trinajstić information content (AvgIpc) is 2.54. The minimum absolute atomic E-state index is 0. The second-order valence-electron chi connectivity index (χ2n) is 5.79. The number of halogens is 1. The van der Waals surface area contributed by atoms with Gasteiger partial charge in [0.15, 0.2) is 0 Å². The molecule has 0 fully saturated rings. The number of benzene rings is 2. The highest BCUT2D eigenvalue weighted by Crippen LogP contribution is 2.30. The molecule has 0 aliphatic rings. The fraction of sp³-hybridized carbons (Fsp3) is 0.316. The smallest absolute Gasteiger partial charge is 0.222 e. The zero-order chi connectivity index (χ0) is 16.8. The molecule has 2 aromatic carbocycles. The van der Waals surface area contributed by atoms with Crippen molar-refractivity contribution in [1.82, 2.24) is 5.32 Å². The Kier molecular flexibility index (Phi) is 7.75. The first-order valence-corrected chi connectivity index (χ1v) is 7.79. The molecule has 0 saturated heterocycles. The highest BCUT2D eigenvalue weighted by Gasteiger charge is 2.11. The van der Waals surface area contributed by atoms with Gasteiger partial charge >= 0.3 is 0 Å². The van der Waals surface area contributed by atoms with Crippen LogP contribution in [0.25, 0.3) is 11.1 Å². The molecular formula is C19H25ClN2O2. The lowest BCUT2D eigenvalue weighted by Crippen LogP contribution is -2.31. The number of rotatable bonds is 6. The zero-order valence-electron chi connectivity index (χ0n) is 14.3. The van der Waals surface area contributed by atoms with Crippen molar-refractivity contribution in [2.45, 2.75) is 32.4 Å². The number of amides is 1. The third kappa shape index (κ3) is 5.25. The third-order valence-corrected chi connectivity index (χ3v) is 3.71. The van der Waals surface area contributed by atoms with Gasteiger partial charge in [-0.05, 0) is 31.0 Å². The van der Waals surface area contributed by atoms with Crippen LogP contribution in [0, 0.1) is 0 Å². The minimum atomic E-state index is -0.130. The molecule has 130 valence electrons. The first kappa shape index (κ1) is 20.0. The molecule has 2 rings (SSSR count). The van der Waals surface area contributed by atoms with Crippen LogP contribution in [0.1, 0.15) is 31.9 Å². The molecule has 3 N–H and O–H groups in total. The van der Waals surface area contributed by atoms with Gasteiger partial charge in [0.25, 0.3) is 0 Å². The number of hydrogen-bond donors (Lipinski definition) is 2. The summed E-state index contributed by atoms with van der Waals surface area (Å²) in [6.07, 6.45) is 0.337. The molecule has 0 saturated carbocycles. The van der Waals surface area contributed by atoms with Crippen molar-refractivity contribution in [1.29, 1.82) is 0 Å². The number of ether oxygens (including phenoxy) is 1. The maximum absolute atomic E-state index is 11.8. The summed E-state index contributed by atoms with van der Waals surface area (Å²) in [6, 6.07) is 15.9. The maximum Gasteiger partial charge on any atom is 0.222 e. The fourth-order valence-electron chi connectivity index (χ4n) is 2.51. The second kappa shape index (κ2) is 9.30. The number of methoxy groups -OCH3 is 1. The Balaban J connectivity index is 0.00000288. The number of nitrogens with one attached hydrogen (secondary N) is 1. The van der Waals surface area contributed by atoms with E-state index >= 15 is 0 Å². The van der Waals surface area contributed by atoms with Crippen LogP contribution in [0.2, 0.25) is 0 Å². The summed E-state index contributed by atoms with van der Waals surface area (Å²) < 4.78 is 5.40. The zero-order valence-corrected chi connectivity index (χ0v) is 15.1. The molecule has 0 radical (unpaired) electrons. The quantitative estimate of drug-likeness (QED) is 0.836. The summed E-state index contributed by atoms with van der Waals surface area (Å²) in [7, 11) is 1.67. The second-order valence-corrected chi connectivity index (χ2v) is 5.79. The number of carbonyl (C=O) groups excluding carboxylic acids is 1. The number of nitrogens with two attached hydrogens (primary N) is 1. The largest absolute Gasteiger partial charge is 0.496 e. The van der Waals surface area contributed by atoms with E-state index in [0.717, 1.165) is 22.4 Å². The van der Waals surface area contributed by atoms with Gasteiger partial charge in [0.2, 0.25) is 5.91 Å². The normalized spacial score (nSPS) is 12.7. The van der Waals surface area contributed by atoms with Crippen LogP contribution in [0.15, 0.2) is 48.5 Å². The summed E-state index contributed by atoms with van der Waals surface area (Å²) >= 11 is 0. The monoisotopic (exact) mass is 348 g/mol. The van der Waals surface area contributed by atoms with Gasteiger partial charge in [0.1, 0.15) is 5.75 Å². The van der Waals surface area contributed by atoms with Crippen LogP contribution < -0.4 is 15.8 Å². The van der Waals surface area contributed by atoms with Crippen LogP contribution in [-0.4, -0.2) is 19.1 Å². The Labute approximate surface area is 149 Å². The first-order chi connectivity index (χ1) is 11.0. The van der Waals surface area contributed by atoms with Gasteiger partial charge < -0.3 is 15.8 Å². The standard InChI is InChI=1S/C19H24N2O2.ClH/c1-13(20)12-19(22)21-14(2)15-8-10-16(11-9-15)17-6-4-5-7-18(17)23-3;/h4-11,13-14H,12,20H2,1-3H3,(H,21,22);1H. The van der Waals surface area contributed by atoms with Gasteiger partial charge in [0.05, 0.1) is 13.2 Å². The molecule has 2 aromatic rings. The van der Waals surface area contributed by atoms with E-state index in [1.807, 2.05) is 62.4 Å². The van der Waals surface area contributed by atoms with Crippen molar-refractivity contribution in [3.05, 3.63) is 54.1 Å². The molecule has 1 amide bonds. The van der Waals surface area contributed by atoms with E-state index in [4.69, 9.17) is 10.5 Å². The SMILES string of the molecule is COc1ccccc1-c1ccc(C(C)NC(=O)CC(C)N)cc1.Cl. The van der Waals surface area contributed by atoms with Crippen molar-refractivity contribution in [3.63, 3.8) is 0 Å². The van der Waals surface area contributed by atoms with Gasteiger partial charge in [-0.15, -0.1) is 12.4 Å². The highest BCUT2D eigenvalue weighted by molar-refractivity contribution is 5.85. The summed E-state index contributed by atoms with van der Waals surface area (Å²) in [5, 5.41) is 2.97. The maximum atomic E-state index is 11.8.